The number of nitrogens with zero attached hydrogens (tertiary/aromatic N) is 3. The Labute approximate surface area is 116 Å². The largest absolute Gasteiger partial charge is 0.364 e. The summed E-state index contributed by atoms with van der Waals surface area (Å²) in [5.74, 6) is 2.16. The SMILES string of the molecule is CNc1nc(NCc2cc(C)on2)c2ccccc2n1. The van der Waals surface area contributed by atoms with E-state index in [0.717, 1.165) is 28.2 Å². The summed E-state index contributed by atoms with van der Waals surface area (Å²) in [5, 5.41) is 11.2. The van der Waals surface area contributed by atoms with E-state index in [9.17, 15) is 0 Å². The van der Waals surface area contributed by atoms with E-state index in [1.54, 1.807) is 7.05 Å². The maximum absolute atomic E-state index is 5.05. The van der Waals surface area contributed by atoms with Gasteiger partial charge in [0.1, 0.15) is 17.3 Å². The number of rotatable bonds is 4. The molecule has 0 aliphatic heterocycles. The minimum absolute atomic E-state index is 0.557. The summed E-state index contributed by atoms with van der Waals surface area (Å²) in [7, 11) is 1.80. The van der Waals surface area contributed by atoms with Crippen LogP contribution >= 0.6 is 0 Å². The van der Waals surface area contributed by atoms with Crippen LogP contribution in [0.2, 0.25) is 0 Å². The zero-order valence-corrected chi connectivity index (χ0v) is 11.3. The number of hydrogen-bond donors (Lipinski definition) is 2. The maximum Gasteiger partial charge on any atom is 0.224 e. The molecule has 2 heterocycles. The number of nitrogens with one attached hydrogen (secondary N) is 2. The van der Waals surface area contributed by atoms with Crippen molar-refractivity contribution in [3.8, 4) is 0 Å². The Balaban J connectivity index is 1.93. The molecule has 0 spiro atoms. The summed E-state index contributed by atoms with van der Waals surface area (Å²) in [5.41, 5.74) is 1.74. The molecule has 0 unspecified atom stereocenters. The van der Waals surface area contributed by atoms with E-state index in [-0.39, 0.29) is 0 Å². The standard InChI is InChI=1S/C14H15N5O/c1-9-7-10(19-20-9)8-16-13-11-5-3-4-6-12(11)17-14(15-2)18-13/h3-7H,8H2,1-2H3,(H2,15,16,17,18). The van der Waals surface area contributed by atoms with Crippen LogP contribution in [0.1, 0.15) is 11.5 Å². The van der Waals surface area contributed by atoms with Gasteiger partial charge in [0.2, 0.25) is 5.95 Å². The first-order chi connectivity index (χ1) is 9.76. The van der Waals surface area contributed by atoms with E-state index in [1.807, 2.05) is 37.3 Å². The van der Waals surface area contributed by atoms with Crippen LogP contribution < -0.4 is 10.6 Å². The molecule has 0 aliphatic rings. The zero-order chi connectivity index (χ0) is 13.9. The highest BCUT2D eigenvalue weighted by Crippen LogP contribution is 2.22. The van der Waals surface area contributed by atoms with Crippen LogP contribution in [-0.2, 0) is 6.54 Å². The minimum Gasteiger partial charge on any atom is -0.364 e. The Morgan fingerprint density at radius 3 is 2.80 bits per heavy atom. The van der Waals surface area contributed by atoms with Crippen molar-refractivity contribution in [2.24, 2.45) is 0 Å². The van der Waals surface area contributed by atoms with Crippen molar-refractivity contribution in [3.63, 3.8) is 0 Å². The van der Waals surface area contributed by atoms with Crippen LogP contribution in [0.25, 0.3) is 10.9 Å². The molecule has 2 N–H and O–H groups in total. The second-order valence-corrected chi connectivity index (χ2v) is 4.45. The third-order valence-corrected chi connectivity index (χ3v) is 2.94. The molecule has 20 heavy (non-hydrogen) atoms. The molecule has 6 heteroatoms. The predicted molar refractivity (Wildman–Crippen MR) is 77.7 cm³/mol. The number of benzene rings is 1. The van der Waals surface area contributed by atoms with Crippen LogP contribution in [0, 0.1) is 6.92 Å². The monoisotopic (exact) mass is 269 g/mol. The molecule has 0 aliphatic carbocycles. The average Bonchev–Trinajstić information content (AvgIpc) is 2.90. The molecular weight excluding hydrogens is 254 g/mol. The van der Waals surface area contributed by atoms with Gasteiger partial charge in [0.15, 0.2) is 0 Å². The summed E-state index contributed by atoms with van der Waals surface area (Å²) in [6.45, 7) is 2.43. The van der Waals surface area contributed by atoms with Crippen molar-refractivity contribution >= 4 is 22.7 Å². The molecule has 2 aromatic heterocycles. The number of anilines is 2. The topological polar surface area (TPSA) is 75.9 Å². The summed E-state index contributed by atoms with van der Waals surface area (Å²) >= 11 is 0. The van der Waals surface area contributed by atoms with Crippen molar-refractivity contribution < 1.29 is 4.52 Å². The molecule has 102 valence electrons. The van der Waals surface area contributed by atoms with Gasteiger partial charge in [-0.15, -0.1) is 0 Å². The van der Waals surface area contributed by atoms with Gasteiger partial charge in [0.05, 0.1) is 12.1 Å². The normalized spacial score (nSPS) is 10.7. The summed E-state index contributed by atoms with van der Waals surface area (Å²) in [6.07, 6.45) is 0. The first-order valence-electron chi connectivity index (χ1n) is 6.37. The molecular formula is C14H15N5O. The average molecular weight is 269 g/mol. The van der Waals surface area contributed by atoms with Gasteiger partial charge >= 0.3 is 0 Å². The van der Waals surface area contributed by atoms with Crippen LogP contribution in [0.5, 0.6) is 0 Å². The van der Waals surface area contributed by atoms with Crippen molar-refractivity contribution in [1.82, 2.24) is 15.1 Å². The van der Waals surface area contributed by atoms with Crippen molar-refractivity contribution in [3.05, 3.63) is 41.8 Å². The Kier molecular flexibility index (Phi) is 3.20. The van der Waals surface area contributed by atoms with Gasteiger partial charge in [-0.1, -0.05) is 17.3 Å². The summed E-state index contributed by atoms with van der Waals surface area (Å²) < 4.78 is 5.05. The van der Waals surface area contributed by atoms with Crippen LogP contribution in [0.4, 0.5) is 11.8 Å². The molecule has 0 saturated carbocycles. The number of para-hydroxylation sites is 1. The third-order valence-electron chi connectivity index (χ3n) is 2.94. The lowest BCUT2D eigenvalue weighted by molar-refractivity contribution is 0.391. The van der Waals surface area contributed by atoms with Crippen LogP contribution in [0.3, 0.4) is 0 Å². The van der Waals surface area contributed by atoms with Gasteiger partial charge in [0, 0.05) is 18.5 Å². The van der Waals surface area contributed by atoms with Crippen molar-refractivity contribution in [2.75, 3.05) is 17.7 Å². The van der Waals surface area contributed by atoms with Crippen molar-refractivity contribution in [1.29, 1.82) is 0 Å². The molecule has 0 radical (unpaired) electrons. The fraction of sp³-hybridized carbons (Fsp3) is 0.214. The molecule has 0 saturated heterocycles. The van der Waals surface area contributed by atoms with Gasteiger partial charge in [-0.2, -0.15) is 4.98 Å². The summed E-state index contributed by atoms with van der Waals surface area (Å²) in [4.78, 5) is 8.87. The Morgan fingerprint density at radius 2 is 2.05 bits per heavy atom. The maximum atomic E-state index is 5.05. The first-order valence-corrected chi connectivity index (χ1v) is 6.37. The predicted octanol–water partition coefficient (Wildman–Crippen LogP) is 2.58. The Bertz CT molecular complexity index is 737. The van der Waals surface area contributed by atoms with Crippen LogP contribution in [0.15, 0.2) is 34.9 Å². The second kappa shape index (κ2) is 5.16. The number of hydrogen-bond acceptors (Lipinski definition) is 6. The highest BCUT2D eigenvalue weighted by Gasteiger charge is 2.07. The molecule has 0 amide bonds. The Hall–Kier alpha value is -2.63. The Morgan fingerprint density at radius 1 is 1.20 bits per heavy atom. The molecule has 3 rings (SSSR count). The lowest BCUT2D eigenvalue weighted by Crippen LogP contribution is -2.05. The minimum atomic E-state index is 0.557. The quantitative estimate of drug-likeness (QED) is 0.758. The van der Waals surface area contributed by atoms with E-state index >= 15 is 0 Å². The van der Waals surface area contributed by atoms with Crippen molar-refractivity contribution in [2.45, 2.75) is 13.5 Å². The number of aromatic nitrogens is 3. The number of aryl methyl sites for hydroxylation is 1. The molecule has 3 aromatic rings. The molecule has 0 bridgehead atoms. The number of fused-ring (bicyclic) bond motifs is 1. The zero-order valence-electron chi connectivity index (χ0n) is 11.3. The molecule has 0 fully saturated rings. The second-order valence-electron chi connectivity index (χ2n) is 4.45. The van der Waals surface area contributed by atoms with E-state index < -0.39 is 0 Å². The van der Waals surface area contributed by atoms with E-state index in [1.165, 1.54) is 0 Å². The lowest BCUT2D eigenvalue weighted by Gasteiger charge is -2.09. The lowest BCUT2D eigenvalue weighted by atomic mass is 10.2. The third kappa shape index (κ3) is 2.40. The van der Waals surface area contributed by atoms with E-state index in [2.05, 4.69) is 25.8 Å². The van der Waals surface area contributed by atoms with Gasteiger partial charge in [0.25, 0.3) is 0 Å². The van der Waals surface area contributed by atoms with Gasteiger partial charge in [-0.05, 0) is 19.1 Å². The highest BCUT2D eigenvalue weighted by molar-refractivity contribution is 5.89. The smallest absolute Gasteiger partial charge is 0.224 e. The first kappa shape index (κ1) is 12.4. The molecule has 6 nitrogen and oxygen atoms in total. The molecule has 1 aromatic carbocycles. The fourth-order valence-corrected chi connectivity index (χ4v) is 2.00. The van der Waals surface area contributed by atoms with Gasteiger partial charge in [-0.3, -0.25) is 0 Å². The van der Waals surface area contributed by atoms with E-state index in [0.29, 0.717) is 12.5 Å². The molecule has 0 atom stereocenters. The summed E-state index contributed by atoms with van der Waals surface area (Å²) in [6, 6.07) is 9.78. The highest BCUT2D eigenvalue weighted by atomic mass is 16.5. The van der Waals surface area contributed by atoms with Crippen LogP contribution in [-0.4, -0.2) is 22.2 Å². The fourth-order valence-electron chi connectivity index (χ4n) is 2.00. The van der Waals surface area contributed by atoms with Gasteiger partial charge in [-0.25, -0.2) is 4.98 Å². The van der Waals surface area contributed by atoms with Gasteiger partial charge < -0.3 is 15.2 Å². The van der Waals surface area contributed by atoms with E-state index in [4.69, 9.17) is 4.52 Å².